The number of carbonyl (C=O) groups is 1. The van der Waals surface area contributed by atoms with Crippen molar-refractivity contribution < 1.29 is 9.53 Å². The van der Waals surface area contributed by atoms with E-state index in [-0.39, 0.29) is 12.0 Å². The van der Waals surface area contributed by atoms with Crippen LogP contribution in [0, 0.1) is 0 Å². The van der Waals surface area contributed by atoms with Gasteiger partial charge in [0.1, 0.15) is 0 Å². The molecule has 1 fully saturated rings. The van der Waals surface area contributed by atoms with Gasteiger partial charge in [0.2, 0.25) is 5.91 Å². The fourth-order valence-electron chi connectivity index (χ4n) is 2.28. The number of rotatable bonds is 7. The summed E-state index contributed by atoms with van der Waals surface area (Å²) in [6.45, 7) is 2.44. The third-order valence-corrected chi connectivity index (χ3v) is 4.00. The highest BCUT2D eigenvalue weighted by atomic mass is 35.5. The van der Waals surface area contributed by atoms with Crippen molar-refractivity contribution in [3.05, 3.63) is 33.8 Å². The lowest BCUT2D eigenvalue weighted by Crippen LogP contribution is -2.37. The molecule has 0 radical (unpaired) electrons. The molecule has 1 heterocycles. The highest BCUT2D eigenvalue weighted by Gasteiger charge is 2.14. The average molecular weight is 331 g/mol. The van der Waals surface area contributed by atoms with Gasteiger partial charge in [-0.3, -0.25) is 4.79 Å². The summed E-state index contributed by atoms with van der Waals surface area (Å²) in [5.74, 6) is -0.0157. The van der Waals surface area contributed by atoms with Crippen LogP contribution in [-0.2, 0) is 16.0 Å². The van der Waals surface area contributed by atoms with E-state index < -0.39 is 0 Å². The molecular weight excluding hydrogens is 311 g/mol. The molecule has 0 saturated carbocycles. The third kappa shape index (κ3) is 5.83. The summed E-state index contributed by atoms with van der Waals surface area (Å²) >= 11 is 11.9. The van der Waals surface area contributed by atoms with Crippen molar-refractivity contribution in [3.8, 4) is 0 Å². The van der Waals surface area contributed by atoms with Crippen LogP contribution in [0.1, 0.15) is 18.4 Å². The van der Waals surface area contributed by atoms with Gasteiger partial charge < -0.3 is 15.4 Å². The Morgan fingerprint density at radius 1 is 1.38 bits per heavy atom. The molecule has 1 unspecified atom stereocenters. The van der Waals surface area contributed by atoms with E-state index in [9.17, 15) is 4.79 Å². The van der Waals surface area contributed by atoms with Crippen molar-refractivity contribution >= 4 is 29.1 Å². The molecule has 1 saturated heterocycles. The molecule has 1 aromatic rings. The fraction of sp³-hybridized carbons (Fsp3) is 0.533. The fourth-order valence-corrected chi connectivity index (χ4v) is 2.78. The van der Waals surface area contributed by atoms with Gasteiger partial charge >= 0.3 is 0 Å². The lowest BCUT2D eigenvalue weighted by molar-refractivity contribution is -0.120. The Hall–Kier alpha value is -0.810. The van der Waals surface area contributed by atoms with Gasteiger partial charge in [0.05, 0.1) is 12.6 Å². The van der Waals surface area contributed by atoms with Crippen molar-refractivity contribution in [2.45, 2.75) is 25.4 Å². The number of benzene rings is 1. The van der Waals surface area contributed by atoms with Crippen LogP contribution in [-0.4, -0.2) is 38.3 Å². The predicted octanol–water partition coefficient (Wildman–Crippen LogP) is 2.42. The molecule has 0 spiro atoms. The van der Waals surface area contributed by atoms with Crippen LogP contribution >= 0.6 is 23.2 Å². The first-order chi connectivity index (χ1) is 10.1. The van der Waals surface area contributed by atoms with Crippen LogP contribution in [0.5, 0.6) is 0 Å². The maximum atomic E-state index is 11.7. The summed E-state index contributed by atoms with van der Waals surface area (Å²) < 4.78 is 5.48. The van der Waals surface area contributed by atoms with E-state index in [1.807, 2.05) is 6.07 Å². The minimum absolute atomic E-state index is 0.0157. The van der Waals surface area contributed by atoms with Crippen molar-refractivity contribution in [3.63, 3.8) is 0 Å². The molecule has 116 valence electrons. The monoisotopic (exact) mass is 330 g/mol. The number of nitrogens with one attached hydrogen (secondary N) is 2. The van der Waals surface area contributed by atoms with Crippen LogP contribution in [0.2, 0.25) is 10.0 Å². The minimum Gasteiger partial charge on any atom is -0.377 e. The van der Waals surface area contributed by atoms with E-state index in [2.05, 4.69) is 10.6 Å². The largest absolute Gasteiger partial charge is 0.377 e. The van der Waals surface area contributed by atoms with Gasteiger partial charge in [0.15, 0.2) is 0 Å². The van der Waals surface area contributed by atoms with Crippen LogP contribution in [0.15, 0.2) is 18.2 Å². The number of carbonyl (C=O) groups excluding carboxylic acids is 1. The molecule has 0 aliphatic carbocycles. The van der Waals surface area contributed by atoms with Crippen LogP contribution in [0.4, 0.5) is 0 Å². The Morgan fingerprint density at radius 2 is 2.24 bits per heavy atom. The Balaban J connectivity index is 1.60. The molecule has 2 rings (SSSR count). The number of halogens is 2. The maximum absolute atomic E-state index is 11.7. The van der Waals surface area contributed by atoms with Crippen LogP contribution in [0.25, 0.3) is 0 Å². The lowest BCUT2D eigenvalue weighted by atomic mass is 10.1. The maximum Gasteiger partial charge on any atom is 0.233 e. The van der Waals surface area contributed by atoms with Crippen LogP contribution in [0.3, 0.4) is 0 Å². The zero-order chi connectivity index (χ0) is 15.1. The molecule has 1 aliphatic heterocycles. The first-order valence-corrected chi connectivity index (χ1v) is 7.93. The standard InChI is InChI=1S/C15H20Cl2N2O2/c16-12-4-3-11(14(17)8-12)5-6-19-15(20)10-18-9-13-2-1-7-21-13/h3-4,8,13,18H,1-2,5-7,9-10H2,(H,19,20). The minimum atomic E-state index is -0.0157. The highest BCUT2D eigenvalue weighted by molar-refractivity contribution is 6.35. The lowest BCUT2D eigenvalue weighted by Gasteiger charge is -2.11. The Labute approximate surface area is 135 Å². The van der Waals surface area contributed by atoms with Crippen molar-refractivity contribution in [2.24, 2.45) is 0 Å². The van der Waals surface area contributed by atoms with Gasteiger partial charge in [-0.25, -0.2) is 0 Å². The first-order valence-electron chi connectivity index (χ1n) is 7.18. The van der Waals surface area contributed by atoms with Gasteiger partial charge in [0.25, 0.3) is 0 Å². The third-order valence-electron chi connectivity index (χ3n) is 3.41. The molecule has 1 amide bonds. The quantitative estimate of drug-likeness (QED) is 0.807. The molecule has 1 aromatic carbocycles. The summed E-state index contributed by atoms with van der Waals surface area (Å²) in [5.41, 5.74) is 0.980. The van der Waals surface area contributed by atoms with Gasteiger partial charge in [-0.2, -0.15) is 0 Å². The van der Waals surface area contributed by atoms with Crippen molar-refractivity contribution in [1.82, 2.24) is 10.6 Å². The van der Waals surface area contributed by atoms with Gasteiger partial charge in [-0.1, -0.05) is 29.3 Å². The van der Waals surface area contributed by atoms with E-state index >= 15 is 0 Å². The smallest absolute Gasteiger partial charge is 0.233 e. The van der Waals surface area contributed by atoms with Crippen molar-refractivity contribution in [1.29, 1.82) is 0 Å². The van der Waals surface area contributed by atoms with E-state index in [4.69, 9.17) is 27.9 Å². The van der Waals surface area contributed by atoms with E-state index in [1.54, 1.807) is 12.1 Å². The number of ether oxygens (including phenoxy) is 1. The van der Waals surface area contributed by atoms with Crippen LogP contribution < -0.4 is 10.6 Å². The Kier molecular flexibility index (Phi) is 6.77. The van der Waals surface area contributed by atoms with Gasteiger partial charge in [-0.05, 0) is 37.0 Å². The normalized spacial score (nSPS) is 17.9. The Bertz CT molecular complexity index is 477. The molecule has 1 aliphatic rings. The summed E-state index contributed by atoms with van der Waals surface area (Å²) in [4.78, 5) is 11.7. The number of hydrogen-bond acceptors (Lipinski definition) is 3. The summed E-state index contributed by atoms with van der Waals surface area (Å²) in [6.07, 6.45) is 3.13. The van der Waals surface area contributed by atoms with Gasteiger partial charge in [-0.15, -0.1) is 0 Å². The zero-order valence-electron chi connectivity index (χ0n) is 11.8. The highest BCUT2D eigenvalue weighted by Crippen LogP contribution is 2.20. The molecule has 4 nitrogen and oxygen atoms in total. The summed E-state index contributed by atoms with van der Waals surface area (Å²) in [5, 5.41) is 7.23. The zero-order valence-corrected chi connectivity index (χ0v) is 13.3. The predicted molar refractivity (Wildman–Crippen MR) is 85.0 cm³/mol. The average Bonchev–Trinajstić information content (AvgIpc) is 2.94. The SMILES string of the molecule is O=C(CNCC1CCCO1)NCCc1ccc(Cl)cc1Cl. The first kappa shape index (κ1) is 16.6. The Morgan fingerprint density at radius 3 is 2.95 bits per heavy atom. The molecule has 2 N–H and O–H groups in total. The molecule has 1 atom stereocenters. The van der Waals surface area contributed by atoms with E-state index in [0.29, 0.717) is 29.6 Å². The molecule has 21 heavy (non-hydrogen) atoms. The van der Waals surface area contributed by atoms with E-state index in [0.717, 1.165) is 31.6 Å². The molecule has 0 aromatic heterocycles. The number of hydrogen-bond donors (Lipinski definition) is 2. The molecule has 6 heteroatoms. The second-order valence-electron chi connectivity index (χ2n) is 5.10. The molecular formula is C15H20Cl2N2O2. The summed E-state index contributed by atoms with van der Waals surface area (Å²) in [7, 11) is 0. The van der Waals surface area contributed by atoms with Crippen molar-refractivity contribution in [2.75, 3.05) is 26.2 Å². The van der Waals surface area contributed by atoms with E-state index in [1.165, 1.54) is 0 Å². The number of amides is 1. The second kappa shape index (κ2) is 8.59. The summed E-state index contributed by atoms with van der Waals surface area (Å²) in [6, 6.07) is 5.39. The second-order valence-corrected chi connectivity index (χ2v) is 5.95. The molecule has 0 bridgehead atoms. The van der Waals surface area contributed by atoms with Gasteiger partial charge in [0, 0.05) is 29.7 Å². The topological polar surface area (TPSA) is 50.4 Å².